The van der Waals surface area contributed by atoms with Crippen molar-refractivity contribution in [3.05, 3.63) is 35.3 Å². The summed E-state index contributed by atoms with van der Waals surface area (Å²) < 4.78 is 6.72. The largest absolute Gasteiger partial charge is 0.453 e. The molecule has 0 aromatic carbocycles. The van der Waals surface area contributed by atoms with Crippen molar-refractivity contribution in [1.82, 2.24) is 14.8 Å². The third kappa shape index (κ3) is 2.50. The van der Waals surface area contributed by atoms with E-state index in [9.17, 15) is 5.11 Å². The highest BCUT2D eigenvalue weighted by Gasteiger charge is 2.18. The molecule has 6 heteroatoms. The van der Waals surface area contributed by atoms with E-state index in [2.05, 4.69) is 10.1 Å². The molecule has 2 rings (SSSR count). The lowest BCUT2D eigenvalue weighted by Crippen LogP contribution is -2.12. The summed E-state index contributed by atoms with van der Waals surface area (Å²) in [4.78, 5) is 4.14. The summed E-state index contributed by atoms with van der Waals surface area (Å²) in [7, 11) is 0. The minimum Gasteiger partial charge on any atom is -0.453 e. The first-order valence-corrected chi connectivity index (χ1v) is 5.76. The van der Waals surface area contributed by atoms with E-state index in [1.165, 1.54) is 12.6 Å². The Morgan fingerprint density at radius 2 is 2.29 bits per heavy atom. The summed E-state index contributed by atoms with van der Waals surface area (Å²) in [6.45, 7) is 4.02. The predicted molar refractivity (Wildman–Crippen MR) is 62.8 cm³/mol. The van der Waals surface area contributed by atoms with Crippen LogP contribution >= 0.6 is 11.6 Å². The van der Waals surface area contributed by atoms with Crippen LogP contribution in [0.3, 0.4) is 0 Å². The molecule has 0 aliphatic carbocycles. The van der Waals surface area contributed by atoms with E-state index in [4.69, 9.17) is 16.0 Å². The zero-order chi connectivity index (χ0) is 12.4. The van der Waals surface area contributed by atoms with Gasteiger partial charge in [-0.25, -0.2) is 9.67 Å². The smallest absolute Gasteiger partial charge is 0.198 e. The van der Waals surface area contributed by atoms with Crippen LogP contribution in [0.1, 0.15) is 37.4 Å². The molecule has 0 saturated heterocycles. The first-order chi connectivity index (χ1) is 8.09. The molecule has 0 amide bonds. The molecule has 5 nitrogen and oxygen atoms in total. The Balaban J connectivity index is 2.16. The Morgan fingerprint density at radius 3 is 2.88 bits per heavy atom. The van der Waals surface area contributed by atoms with E-state index in [0.717, 1.165) is 5.82 Å². The topological polar surface area (TPSA) is 64.1 Å². The van der Waals surface area contributed by atoms with Gasteiger partial charge in [0.2, 0.25) is 0 Å². The number of nitrogens with zero attached hydrogens (tertiary/aromatic N) is 3. The van der Waals surface area contributed by atoms with E-state index in [-0.39, 0.29) is 11.3 Å². The van der Waals surface area contributed by atoms with Gasteiger partial charge in [0.15, 0.2) is 5.22 Å². The number of aliphatic hydroxyl groups excluding tert-OH is 1. The molecular weight excluding hydrogens is 242 g/mol. The summed E-state index contributed by atoms with van der Waals surface area (Å²) in [5, 5.41) is 14.4. The van der Waals surface area contributed by atoms with Gasteiger partial charge in [0.05, 0.1) is 12.4 Å². The minimum atomic E-state index is -0.733. The molecule has 2 aromatic rings. The van der Waals surface area contributed by atoms with Crippen molar-refractivity contribution in [2.45, 2.75) is 32.4 Å². The first kappa shape index (κ1) is 12.1. The van der Waals surface area contributed by atoms with Crippen LogP contribution < -0.4 is 0 Å². The second kappa shape index (κ2) is 4.89. The highest BCUT2D eigenvalue weighted by molar-refractivity contribution is 6.29. The summed E-state index contributed by atoms with van der Waals surface area (Å²) in [6, 6.07) is 1.86. The maximum atomic E-state index is 10.0. The van der Waals surface area contributed by atoms with Crippen LogP contribution in [-0.4, -0.2) is 19.9 Å². The lowest BCUT2D eigenvalue weighted by atomic mass is 10.1. The number of rotatable bonds is 4. The van der Waals surface area contributed by atoms with Gasteiger partial charge in [-0.15, -0.1) is 0 Å². The highest BCUT2D eigenvalue weighted by atomic mass is 35.5. The second-order valence-electron chi connectivity index (χ2n) is 4.08. The summed E-state index contributed by atoms with van der Waals surface area (Å²) in [5.41, 5.74) is 0.574. The van der Waals surface area contributed by atoms with E-state index < -0.39 is 6.10 Å². The maximum Gasteiger partial charge on any atom is 0.198 e. The fourth-order valence-corrected chi connectivity index (χ4v) is 1.92. The quantitative estimate of drug-likeness (QED) is 0.911. The summed E-state index contributed by atoms with van der Waals surface area (Å²) in [5.74, 6) is 0.727. The number of hydrogen-bond acceptors (Lipinski definition) is 4. The average molecular weight is 256 g/mol. The summed E-state index contributed by atoms with van der Waals surface area (Å²) >= 11 is 5.81. The van der Waals surface area contributed by atoms with Crippen molar-refractivity contribution in [1.29, 1.82) is 0 Å². The molecule has 0 spiro atoms. The van der Waals surface area contributed by atoms with Gasteiger partial charge in [-0.05, 0) is 31.5 Å². The van der Waals surface area contributed by atoms with Crippen LogP contribution in [0.25, 0.3) is 0 Å². The Hall–Kier alpha value is -1.33. The molecule has 2 aromatic heterocycles. The number of aliphatic hydroxyl groups is 1. The van der Waals surface area contributed by atoms with Crippen LogP contribution in [0.4, 0.5) is 0 Å². The molecule has 0 radical (unpaired) electrons. The molecule has 0 aliphatic rings. The summed E-state index contributed by atoms with van der Waals surface area (Å²) in [6.07, 6.45) is 2.56. The number of aromatic nitrogens is 3. The van der Waals surface area contributed by atoms with Crippen LogP contribution in [0.2, 0.25) is 5.22 Å². The number of furan rings is 1. The zero-order valence-corrected chi connectivity index (χ0v) is 10.4. The van der Waals surface area contributed by atoms with Crippen molar-refractivity contribution in [2.75, 3.05) is 0 Å². The van der Waals surface area contributed by atoms with E-state index in [1.54, 1.807) is 10.7 Å². The van der Waals surface area contributed by atoms with Crippen LogP contribution in [0.15, 0.2) is 23.1 Å². The van der Waals surface area contributed by atoms with Gasteiger partial charge < -0.3 is 9.52 Å². The molecule has 1 unspecified atom stereocenters. The third-order valence-electron chi connectivity index (χ3n) is 2.52. The number of halogens is 1. The van der Waals surface area contributed by atoms with Crippen molar-refractivity contribution >= 4 is 11.6 Å². The molecule has 17 heavy (non-hydrogen) atoms. The van der Waals surface area contributed by atoms with Crippen molar-refractivity contribution in [2.24, 2.45) is 0 Å². The van der Waals surface area contributed by atoms with Gasteiger partial charge in [0.25, 0.3) is 0 Å². The van der Waals surface area contributed by atoms with Crippen molar-refractivity contribution in [3.63, 3.8) is 0 Å². The standard InChI is InChI=1S/C11H14ClN3O2/c1-7(2)15-10(13-6-14-15)5-9(16)8-3-4-17-11(8)12/h3-4,6-7,9,16H,5H2,1-2H3. The zero-order valence-electron chi connectivity index (χ0n) is 9.67. The number of hydrogen-bond donors (Lipinski definition) is 1. The van der Waals surface area contributed by atoms with Crippen molar-refractivity contribution in [3.8, 4) is 0 Å². The Kier molecular flexibility index (Phi) is 3.49. The van der Waals surface area contributed by atoms with E-state index in [1.807, 2.05) is 13.8 Å². The molecule has 1 atom stereocenters. The molecule has 2 heterocycles. The fourth-order valence-electron chi connectivity index (χ4n) is 1.68. The third-order valence-corrected chi connectivity index (χ3v) is 2.82. The van der Waals surface area contributed by atoms with Gasteiger partial charge in [-0.2, -0.15) is 5.10 Å². The molecule has 0 aliphatic heterocycles. The SMILES string of the molecule is CC(C)n1ncnc1CC(O)c1ccoc1Cl. The Bertz CT molecular complexity index is 492. The lowest BCUT2D eigenvalue weighted by Gasteiger charge is -2.12. The molecule has 0 saturated carbocycles. The molecule has 0 fully saturated rings. The monoisotopic (exact) mass is 255 g/mol. The van der Waals surface area contributed by atoms with Crippen LogP contribution in [0, 0.1) is 0 Å². The average Bonchev–Trinajstić information content (AvgIpc) is 2.86. The molecule has 92 valence electrons. The van der Waals surface area contributed by atoms with E-state index >= 15 is 0 Å². The van der Waals surface area contributed by atoms with E-state index in [0.29, 0.717) is 12.0 Å². The van der Waals surface area contributed by atoms with Crippen molar-refractivity contribution < 1.29 is 9.52 Å². The van der Waals surface area contributed by atoms with Gasteiger partial charge >= 0.3 is 0 Å². The normalized spacial score (nSPS) is 13.2. The van der Waals surface area contributed by atoms with Gasteiger partial charge in [-0.1, -0.05) is 0 Å². The fraction of sp³-hybridized carbons (Fsp3) is 0.455. The van der Waals surface area contributed by atoms with Crippen LogP contribution in [0.5, 0.6) is 0 Å². The lowest BCUT2D eigenvalue weighted by molar-refractivity contribution is 0.172. The second-order valence-corrected chi connectivity index (χ2v) is 4.43. The van der Waals surface area contributed by atoms with Crippen LogP contribution in [-0.2, 0) is 6.42 Å². The predicted octanol–water partition coefficient (Wildman–Crippen LogP) is 2.38. The molecule has 1 N–H and O–H groups in total. The highest BCUT2D eigenvalue weighted by Crippen LogP contribution is 2.26. The van der Waals surface area contributed by atoms with Gasteiger partial charge in [-0.3, -0.25) is 0 Å². The minimum absolute atomic E-state index is 0.208. The molecular formula is C11H14ClN3O2. The Morgan fingerprint density at radius 1 is 1.53 bits per heavy atom. The first-order valence-electron chi connectivity index (χ1n) is 5.39. The Labute approximate surface area is 104 Å². The maximum absolute atomic E-state index is 10.0. The van der Waals surface area contributed by atoms with Gasteiger partial charge in [0.1, 0.15) is 12.2 Å². The molecule has 0 bridgehead atoms. The van der Waals surface area contributed by atoms with Gasteiger partial charge in [0, 0.05) is 18.0 Å².